The van der Waals surface area contributed by atoms with Gasteiger partial charge >= 0.3 is 0 Å². The predicted octanol–water partition coefficient (Wildman–Crippen LogP) is 2.43. The molecule has 0 aliphatic carbocycles. The maximum absolute atomic E-state index is 13.4. The van der Waals surface area contributed by atoms with E-state index in [9.17, 15) is 13.2 Å². The zero-order valence-electron chi connectivity index (χ0n) is 8.36. The van der Waals surface area contributed by atoms with Gasteiger partial charge in [0.2, 0.25) is 0 Å². The van der Waals surface area contributed by atoms with E-state index in [-0.39, 0.29) is 17.4 Å². The average molecular weight is 215 g/mol. The van der Waals surface area contributed by atoms with Crippen molar-refractivity contribution < 1.29 is 13.2 Å². The van der Waals surface area contributed by atoms with Gasteiger partial charge in [0.05, 0.1) is 0 Å². The molecular weight excluding hydrogens is 203 g/mol. The number of nitrogens with one attached hydrogen (secondary N) is 1. The second kappa shape index (κ2) is 3.85. The molecule has 1 aliphatic rings. The van der Waals surface area contributed by atoms with E-state index < -0.39 is 17.5 Å². The Hall–Kier alpha value is -1.03. The summed E-state index contributed by atoms with van der Waals surface area (Å²) in [6.45, 7) is 3.36. The predicted molar refractivity (Wildman–Crippen MR) is 51.1 cm³/mol. The van der Waals surface area contributed by atoms with Gasteiger partial charge in [0.25, 0.3) is 0 Å². The van der Waals surface area contributed by atoms with Crippen LogP contribution in [0.4, 0.5) is 13.2 Å². The maximum atomic E-state index is 13.4. The van der Waals surface area contributed by atoms with E-state index in [4.69, 9.17) is 0 Å². The fourth-order valence-corrected chi connectivity index (χ4v) is 2.05. The molecule has 4 heteroatoms. The van der Waals surface area contributed by atoms with Crippen LogP contribution in [0.2, 0.25) is 0 Å². The number of rotatable bonds is 1. The Labute approximate surface area is 86.3 Å². The Morgan fingerprint density at radius 2 is 1.73 bits per heavy atom. The van der Waals surface area contributed by atoms with Crippen LogP contribution in [0, 0.1) is 23.4 Å². The van der Waals surface area contributed by atoms with E-state index in [0.717, 1.165) is 12.6 Å². The number of hydrogen-bond donors (Lipinski definition) is 1. The van der Waals surface area contributed by atoms with Crippen LogP contribution < -0.4 is 5.32 Å². The molecule has 2 unspecified atom stereocenters. The van der Waals surface area contributed by atoms with Crippen LogP contribution in [-0.2, 0) is 0 Å². The molecule has 0 aromatic heterocycles. The van der Waals surface area contributed by atoms with Gasteiger partial charge in [-0.1, -0.05) is 6.92 Å². The highest BCUT2D eigenvalue weighted by Crippen LogP contribution is 2.30. The van der Waals surface area contributed by atoms with Crippen molar-refractivity contribution in [3.05, 3.63) is 35.1 Å². The van der Waals surface area contributed by atoms with Crippen LogP contribution in [0.25, 0.3) is 0 Å². The highest BCUT2D eigenvalue weighted by atomic mass is 19.2. The molecule has 1 aliphatic heterocycles. The van der Waals surface area contributed by atoms with Gasteiger partial charge in [0.1, 0.15) is 5.82 Å². The van der Waals surface area contributed by atoms with Crippen molar-refractivity contribution in [3.8, 4) is 0 Å². The fraction of sp³-hybridized carbons (Fsp3) is 0.455. The first-order chi connectivity index (χ1) is 7.09. The third kappa shape index (κ3) is 1.86. The molecule has 1 aromatic carbocycles. The summed E-state index contributed by atoms with van der Waals surface area (Å²) in [6, 6.07) is 1.59. The normalized spacial score (nSPS) is 25.9. The molecule has 82 valence electrons. The highest BCUT2D eigenvalue weighted by Gasteiger charge is 2.27. The fourth-order valence-electron chi connectivity index (χ4n) is 2.05. The van der Waals surface area contributed by atoms with Crippen molar-refractivity contribution in [1.29, 1.82) is 0 Å². The molecule has 0 saturated carbocycles. The lowest BCUT2D eigenvalue weighted by Crippen LogP contribution is -2.10. The minimum Gasteiger partial charge on any atom is -0.316 e. The van der Waals surface area contributed by atoms with Crippen molar-refractivity contribution in [2.24, 2.45) is 5.92 Å². The minimum absolute atomic E-state index is 0.0694. The van der Waals surface area contributed by atoms with Gasteiger partial charge in [0.15, 0.2) is 11.6 Å². The third-order valence-electron chi connectivity index (χ3n) is 2.96. The van der Waals surface area contributed by atoms with Crippen LogP contribution in [0.1, 0.15) is 18.4 Å². The van der Waals surface area contributed by atoms with Gasteiger partial charge in [-0.15, -0.1) is 0 Å². The Bertz CT molecular complexity index is 378. The van der Waals surface area contributed by atoms with Gasteiger partial charge in [-0.25, -0.2) is 13.2 Å². The van der Waals surface area contributed by atoms with E-state index in [1.165, 1.54) is 0 Å². The third-order valence-corrected chi connectivity index (χ3v) is 2.96. The first kappa shape index (κ1) is 10.5. The number of halogens is 3. The Balaban J connectivity index is 2.39. The standard InChI is InChI=1S/C11H12F3N/c1-6-4-15-5-8(6)7-2-10(13)11(14)3-9(7)12/h2-3,6,8,15H,4-5H2,1H3. The molecule has 1 N–H and O–H groups in total. The quantitative estimate of drug-likeness (QED) is 0.709. The number of benzene rings is 1. The topological polar surface area (TPSA) is 12.0 Å². The molecular formula is C11H12F3N. The molecule has 2 rings (SSSR count). The smallest absolute Gasteiger partial charge is 0.161 e. The summed E-state index contributed by atoms with van der Waals surface area (Å²) in [4.78, 5) is 0. The molecule has 0 bridgehead atoms. The van der Waals surface area contributed by atoms with E-state index in [1.54, 1.807) is 0 Å². The lowest BCUT2D eigenvalue weighted by molar-refractivity contribution is 0.474. The van der Waals surface area contributed by atoms with Crippen LogP contribution in [-0.4, -0.2) is 13.1 Å². The van der Waals surface area contributed by atoms with Gasteiger partial charge in [0, 0.05) is 18.5 Å². The van der Waals surface area contributed by atoms with Crippen LogP contribution in [0.15, 0.2) is 12.1 Å². The molecule has 1 nitrogen and oxygen atoms in total. The molecule has 0 spiro atoms. The van der Waals surface area contributed by atoms with Crippen LogP contribution in [0.5, 0.6) is 0 Å². The largest absolute Gasteiger partial charge is 0.316 e. The SMILES string of the molecule is CC1CNCC1c1cc(F)c(F)cc1F. The van der Waals surface area contributed by atoms with Gasteiger partial charge in [-0.2, -0.15) is 0 Å². The zero-order chi connectivity index (χ0) is 11.0. The second-order valence-electron chi connectivity index (χ2n) is 4.03. The first-order valence-electron chi connectivity index (χ1n) is 4.94. The first-order valence-corrected chi connectivity index (χ1v) is 4.94. The molecule has 0 amide bonds. The monoisotopic (exact) mass is 215 g/mol. The van der Waals surface area contributed by atoms with E-state index in [0.29, 0.717) is 12.6 Å². The Morgan fingerprint density at radius 1 is 1.07 bits per heavy atom. The molecule has 0 radical (unpaired) electrons. The highest BCUT2D eigenvalue weighted by molar-refractivity contribution is 5.25. The average Bonchev–Trinajstić information content (AvgIpc) is 2.58. The Morgan fingerprint density at radius 3 is 2.33 bits per heavy atom. The van der Waals surface area contributed by atoms with Gasteiger partial charge in [-0.05, 0) is 24.1 Å². The summed E-state index contributed by atoms with van der Waals surface area (Å²) < 4.78 is 39.1. The van der Waals surface area contributed by atoms with Crippen molar-refractivity contribution in [3.63, 3.8) is 0 Å². The summed E-state index contributed by atoms with van der Waals surface area (Å²) in [5.41, 5.74) is 0.270. The van der Waals surface area contributed by atoms with Crippen molar-refractivity contribution in [2.75, 3.05) is 13.1 Å². The molecule has 1 saturated heterocycles. The second-order valence-corrected chi connectivity index (χ2v) is 4.03. The zero-order valence-corrected chi connectivity index (χ0v) is 8.36. The Kier molecular flexibility index (Phi) is 2.69. The van der Waals surface area contributed by atoms with E-state index in [2.05, 4.69) is 5.32 Å². The summed E-state index contributed by atoms with van der Waals surface area (Å²) in [6.07, 6.45) is 0. The van der Waals surface area contributed by atoms with Gasteiger partial charge in [-0.3, -0.25) is 0 Å². The van der Waals surface area contributed by atoms with Crippen LogP contribution in [0.3, 0.4) is 0 Å². The van der Waals surface area contributed by atoms with E-state index in [1.807, 2.05) is 6.92 Å². The molecule has 15 heavy (non-hydrogen) atoms. The van der Waals surface area contributed by atoms with Crippen molar-refractivity contribution in [1.82, 2.24) is 5.32 Å². The molecule has 1 aromatic rings. The minimum atomic E-state index is -1.13. The van der Waals surface area contributed by atoms with Crippen molar-refractivity contribution >= 4 is 0 Å². The maximum Gasteiger partial charge on any atom is 0.161 e. The summed E-state index contributed by atoms with van der Waals surface area (Å²) in [5, 5.41) is 3.10. The molecule has 1 fully saturated rings. The lowest BCUT2D eigenvalue weighted by atomic mass is 9.90. The number of hydrogen-bond acceptors (Lipinski definition) is 1. The summed E-state index contributed by atoms with van der Waals surface area (Å²) >= 11 is 0. The molecule has 2 atom stereocenters. The van der Waals surface area contributed by atoms with E-state index >= 15 is 0 Å². The summed E-state index contributed by atoms with van der Waals surface area (Å²) in [7, 11) is 0. The van der Waals surface area contributed by atoms with Crippen LogP contribution >= 0.6 is 0 Å². The summed E-state index contributed by atoms with van der Waals surface area (Å²) in [5.74, 6) is -2.60. The van der Waals surface area contributed by atoms with Crippen molar-refractivity contribution in [2.45, 2.75) is 12.8 Å². The molecule has 1 heterocycles. The lowest BCUT2D eigenvalue weighted by Gasteiger charge is -2.15. The van der Waals surface area contributed by atoms with Gasteiger partial charge < -0.3 is 5.32 Å².